The number of rotatable bonds is 4. The van der Waals surface area contributed by atoms with E-state index in [1.54, 1.807) is 20.8 Å². The maximum absolute atomic E-state index is 13.0. The molecule has 8 heteroatoms. The molecule has 1 heterocycles. The molecule has 2 aromatic carbocycles. The van der Waals surface area contributed by atoms with Crippen LogP contribution in [0.25, 0.3) is 0 Å². The van der Waals surface area contributed by atoms with Crippen LogP contribution in [0.5, 0.6) is 0 Å². The number of anilines is 2. The molecule has 2 aromatic rings. The van der Waals surface area contributed by atoms with Gasteiger partial charge in [-0.2, -0.15) is 18.4 Å². The van der Waals surface area contributed by atoms with Crippen LogP contribution in [-0.2, 0) is 23.8 Å². The molecule has 1 aliphatic heterocycles. The molecule has 1 unspecified atom stereocenters. The number of hydrogen-bond acceptors (Lipinski definition) is 4. The van der Waals surface area contributed by atoms with Gasteiger partial charge in [-0.05, 0) is 74.6 Å². The summed E-state index contributed by atoms with van der Waals surface area (Å²) in [5.41, 5.74) is 2.01. The van der Waals surface area contributed by atoms with Gasteiger partial charge in [-0.25, -0.2) is 4.79 Å². The van der Waals surface area contributed by atoms with Gasteiger partial charge < -0.3 is 15.0 Å². The third kappa shape index (κ3) is 5.72. The molecule has 1 N–H and O–H groups in total. The predicted octanol–water partition coefficient (Wildman–Crippen LogP) is 5.61. The standard InChI is InChI=1S/C24H26F3N3O2/c1-23(2,3)32-22(31)29-14-16-13-20-17(11-12-28)5-4-6-21(20)30(15-16)19-9-7-18(8-10-19)24(25,26)27/h4-10,16H,11,13-15H2,1-3H3,(H,29,31). The van der Waals surface area contributed by atoms with Crippen molar-refractivity contribution in [3.63, 3.8) is 0 Å². The molecule has 170 valence electrons. The van der Waals surface area contributed by atoms with Gasteiger partial charge in [0, 0.05) is 24.5 Å². The third-order valence-corrected chi connectivity index (χ3v) is 5.18. The molecule has 0 aliphatic carbocycles. The number of carbonyl (C=O) groups excluding carboxylic acids is 1. The fourth-order valence-corrected chi connectivity index (χ4v) is 3.82. The first-order chi connectivity index (χ1) is 15.0. The van der Waals surface area contributed by atoms with Crippen LogP contribution >= 0.6 is 0 Å². The number of alkyl halides is 3. The minimum absolute atomic E-state index is 0.0165. The first kappa shape index (κ1) is 23.5. The van der Waals surface area contributed by atoms with Crippen molar-refractivity contribution >= 4 is 17.5 Å². The second kappa shape index (κ2) is 9.11. The van der Waals surface area contributed by atoms with Crippen LogP contribution in [0.3, 0.4) is 0 Å². The number of alkyl carbamates (subject to hydrolysis) is 1. The van der Waals surface area contributed by atoms with E-state index >= 15 is 0 Å². The van der Waals surface area contributed by atoms with Crippen molar-refractivity contribution in [2.24, 2.45) is 5.92 Å². The smallest absolute Gasteiger partial charge is 0.416 e. The van der Waals surface area contributed by atoms with E-state index < -0.39 is 23.4 Å². The van der Waals surface area contributed by atoms with E-state index in [-0.39, 0.29) is 12.3 Å². The number of fused-ring (bicyclic) bond motifs is 1. The summed E-state index contributed by atoms with van der Waals surface area (Å²) in [6, 6.07) is 12.8. The zero-order valence-electron chi connectivity index (χ0n) is 18.3. The molecule has 0 saturated carbocycles. The van der Waals surface area contributed by atoms with E-state index in [1.165, 1.54) is 12.1 Å². The van der Waals surface area contributed by atoms with Crippen molar-refractivity contribution in [3.05, 3.63) is 59.2 Å². The number of amides is 1. The van der Waals surface area contributed by atoms with Gasteiger partial charge in [0.15, 0.2) is 0 Å². The Labute approximate surface area is 185 Å². The summed E-state index contributed by atoms with van der Waals surface area (Å²) in [5, 5.41) is 12.0. The van der Waals surface area contributed by atoms with Gasteiger partial charge in [0.25, 0.3) is 0 Å². The fraction of sp³-hybridized carbons (Fsp3) is 0.417. The average molecular weight is 445 g/mol. The van der Waals surface area contributed by atoms with Gasteiger partial charge in [0.1, 0.15) is 5.60 Å². The fourth-order valence-electron chi connectivity index (χ4n) is 3.82. The number of hydrogen-bond donors (Lipinski definition) is 1. The number of nitriles is 1. The van der Waals surface area contributed by atoms with Gasteiger partial charge in [-0.3, -0.25) is 0 Å². The van der Waals surface area contributed by atoms with Crippen LogP contribution in [0.1, 0.15) is 37.5 Å². The Hall–Kier alpha value is -3.21. The second-order valence-electron chi connectivity index (χ2n) is 8.86. The first-order valence-corrected chi connectivity index (χ1v) is 10.4. The van der Waals surface area contributed by atoms with Crippen LogP contribution in [-0.4, -0.2) is 24.8 Å². The van der Waals surface area contributed by atoms with E-state index in [1.807, 2.05) is 23.1 Å². The van der Waals surface area contributed by atoms with Gasteiger partial charge in [-0.1, -0.05) is 12.1 Å². The molecule has 3 rings (SSSR count). The highest BCUT2D eigenvalue weighted by Crippen LogP contribution is 2.38. The van der Waals surface area contributed by atoms with Crippen molar-refractivity contribution in [2.45, 2.75) is 45.4 Å². The molecule has 0 radical (unpaired) electrons. The van der Waals surface area contributed by atoms with Crippen LogP contribution in [0.4, 0.5) is 29.3 Å². The minimum atomic E-state index is -4.40. The van der Waals surface area contributed by atoms with E-state index in [9.17, 15) is 23.2 Å². The predicted molar refractivity (Wildman–Crippen MR) is 116 cm³/mol. The number of ether oxygens (including phenoxy) is 1. The summed E-state index contributed by atoms with van der Waals surface area (Å²) in [6.45, 7) is 6.19. The molecular weight excluding hydrogens is 419 g/mol. The SMILES string of the molecule is CC(C)(C)OC(=O)NCC1Cc2c(CC#N)cccc2N(c2ccc(C(F)(F)F)cc2)C1. The molecule has 0 bridgehead atoms. The Morgan fingerprint density at radius 1 is 1.19 bits per heavy atom. The number of halogens is 3. The molecule has 0 aromatic heterocycles. The molecular formula is C24H26F3N3O2. The third-order valence-electron chi connectivity index (χ3n) is 5.18. The van der Waals surface area contributed by atoms with Crippen molar-refractivity contribution in [2.75, 3.05) is 18.0 Å². The lowest BCUT2D eigenvalue weighted by Crippen LogP contribution is -2.41. The average Bonchev–Trinajstić information content (AvgIpc) is 2.70. The summed E-state index contributed by atoms with van der Waals surface area (Å²) < 4.78 is 44.3. The maximum Gasteiger partial charge on any atom is 0.416 e. The topological polar surface area (TPSA) is 65.4 Å². The molecule has 0 saturated heterocycles. The molecule has 32 heavy (non-hydrogen) atoms. The van der Waals surface area contributed by atoms with Crippen LogP contribution in [0.2, 0.25) is 0 Å². The van der Waals surface area contributed by atoms with Crippen LogP contribution < -0.4 is 10.2 Å². The largest absolute Gasteiger partial charge is 0.444 e. The number of carbonyl (C=O) groups is 1. The second-order valence-corrected chi connectivity index (χ2v) is 8.86. The maximum atomic E-state index is 13.0. The minimum Gasteiger partial charge on any atom is -0.444 e. The number of benzene rings is 2. The number of nitrogens with zero attached hydrogens (tertiary/aromatic N) is 2. The highest BCUT2D eigenvalue weighted by molar-refractivity contribution is 5.70. The van der Waals surface area contributed by atoms with E-state index in [0.29, 0.717) is 25.2 Å². The molecule has 0 fully saturated rings. The van der Waals surface area contributed by atoms with Crippen LogP contribution in [0, 0.1) is 17.2 Å². The van der Waals surface area contributed by atoms with Gasteiger partial charge in [-0.15, -0.1) is 0 Å². The molecule has 0 spiro atoms. The molecule has 1 aliphatic rings. The van der Waals surface area contributed by atoms with Crippen molar-refractivity contribution < 1.29 is 22.7 Å². The van der Waals surface area contributed by atoms with Gasteiger partial charge in [0.05, 0.1) is 18.1 Å². The van der Waals surface area contributed by atoms with Crippen molar-refractivity contribution in [3.8, 4) is 6.07 Å². The van der Waals surface area contributed by atoms with Crippen LogP contribution in [0.15, 0.2) is 42.5 Å². The lowest BCUT2D eigenvalue weighted by atomic mass is 9.88. The zero-order chi connectivity index (χ0) is 23.5. The van der Waals surface area contributed by atoms with Gasteiger partial charge in [0.2, 0.25) is 0 Å². The monoisotopic (exact) mass is 445 g/mol. The summed E-state index contributed by atoms with van der Waals surface area (Å²) in [5.74, 6) is -0.0165. The Kier molecular flexibility index (Phi) is 6.68. The summed E-state index contributed by atoms with van der Waals surface area (Å²) in [7, 11) is 0. The number of nitrogens with one attached hydrogen (secondary N) is 1. The lowest BCUT2D eigenvalue weighted by Gasteiger charge is -2.37. The van der Waals surface area contributed by atoms with Crippen molar-refractivity contribution in [1.29, 1.82) is 5.26 Å². The van der Waals surface area contributed by atoms with E-state index in [4.69, 9.17) is 4.74 Å². The van der Waals surface area contributed by atoms with Crippen molar-refractivity contribution in [1.82, 2.24) is 5.32 Å². The molecule has 1 atom stereocenters. The summed E-state index contributed by atoms with van der Waals surface area (Å²) in [6.07, 6.45) is -4.05. The lowest BCUT2D eigenvalue weighted by molar-refractivity contribution is -0.137. The van der Waals surface area contributed by atoms with E-state index in [2.05, 4.69) is 11.4 Å². The normalized spacial score (nSPS) is 16.2. The highest BCUT2D eigenvalue weighted by Gasteiger charge is 2.32. The Morgan fingerprint density at radius 2 is 1.88 bits per heavy atom. The zero-order valence-corrected chi connectivity index (χ0v) is 18.3. The highest BCUT2D eigenvalue weighted by atomic mass is 19.4. The Balaban J connectivity index is 1.88. The molecule has 1 amide bonds. The Bertz CT molecular complexity index is 1010. The van der Waals surface area contributed by atoms with E-state index in [0.717, 1.165) is 28.9 Å². The summed E-state index contributed by atoms with van der Waals surface area (Å²) >= 11 is 0. The summed E-state index contributed by atoms with van der Waals surface area (Å²) in [4.78, 5) is 14.0. The molecule has 5 nitrogen and oxygen atoms in total. The van der Waals surface area contributed by atoms with Gasteiger partial charge >= 0.3 is 12.3 Å². The quantitative estimate of drug-likeness (QED) is 0.665. The Morgan fingerprint density at radius 3 is 2.47 bits per heavy atom. The first-order valence-electron chi connectivity index (χ1n) is 10.4.